The number of aliphatic imine (C=N–C) groups is 1. The number of nitrogens with two attached hydrogens (primary N) is 1. The minimum Gasteiger partial charge on any atom is -0.330 e. The fraction of sp³-hybridized carbons (Fsp3) is 0.259. The lowest BCUT2D eigenvalue weighted by Crippen LogP contribution is -2.29. The maximum absolute atomic E-state index is 12.6. The molecule has 7 nitrogen and oxygen atoms in total. The van der Waals surface area contributed by atoms with E-state index in [0.717, 1.165) is 34.8 Å². The van der Waals surface area contributed by atoms with Gasteiger partial charge in [0.1, 0.15) is 0 Å². The third kappa shape index (κ3) is 7.72. The standard InChI is InChI=1S/C27H32N6O/c1-3-6-24(29-2)18-33(19-25-7-4-5-16-30-25)20-26-13-10-22(17-31-26)27(34)32-23-11-8-21(9-12-23)14-15-28/h3-13,16-17H,14-15,18-20,28H2,1-2H3,(H,32,34)/b6-3-,29-24?. The molecule has 0 aliphatic rings. The number of rotatable bonds is 11. The van der Waals surface area contributed by atoms with Crippen LogP contribution in [0.5, 0.6) is 0 Å². The number of pyridine rings is 2. The van der Waals surface area contributed by atoms with E-state index in [-0.39, 0.29) is 5.91 Å². The first-order valence-electron chi connectivity index (χ1n) is 11.4. The Bertz CT molecular complexity index is 1090. The van der Waals surface area contributed by atoms with Gasteiger partial charge in [-0.3, -0.25) is 24.7 Å². The molecule has 0 spiro atoms. The molecular weight excluding hydrogens is 424 g/mol. The smallest absolute Gasteiger partial charge is 0.257 e. The van der Waals surface area contributed by atoms with Crippen molar-refractivity contribution in [2.45, 2.75) is 26.4 Å². The van der Waals surface area contributed by atoms with E-state index in [4.69, 9.17) is 5.73 Å². The number of hydrogen-bond acceptors (Lipinski definition) is 6. The Hall–Kier alpha value is -3.68. The van der Waals surface area contributed by atoms with Crippen molar-refractivity contribution in [3.8, 4) is 0 Å². The topological polar surface area (TPSA) is 96.5 Å². The van der Waals surface area contributed by atoms with Crippen LogP contribution in [0.3, 0.4) is 0 Å². The SMILES string of the molecule is C/C=C\C(CN(Cc1ccccn1)Cc1ccc(C(=O)Nc2ccc(CCN)cc2)cn1)=NC. The zero-order chi connectivity index (χ0) is 24.2. The lowest BCUT2D eigenvalue weighted by molar-refractivity contribution is 0.102. The molecule has 3 rings (SSSR count). The van der Waals surface area contributed by atoms with Gasteiger partial charge >= 0.3 is 0 Å². The minimum absolute atomic E-state index is 0.190. The predicted molar refractivity (Wildman–Crippen MR) is 138 cm³/mol. The second kappa shape index (κ2) is 13.1. The Morgan fingerprint density at radius 3 is 2.41 bits per heavy atom. The van der Waals surface area contributed by atoms with Crippen molar-refractivity contribution in [1.29, 1.82) is 0 Å². The van der Waals surface area contributed by atoms with E-state index in [1.54, 1.807) is 25.5 Å². The van der Waals surface area contributed by atoms with Gasteiger partial charge in [0.05, 0.1) is 17.0 Å². The van der Waals surface area contributed by atoms with Crippen LogP contribution in [0.4, 0.5) is 5.69 Å². The second-order valence-corrected chi connectivity index (χ2v) is 7.91. The van der Waals surface area contributed by atoms with Crippen LogP contribution in [-0.2, 0) is 19.5 Å². The summed E-state index contributed by atoms with van der Waals surface area (Å²) in [7, 11) is 1.80. The number of hydrogen-bond donors (Lipinski definition) is 2. The zero-order valence-electron chi connectivity index (χ0n) is 19.8. The maximum atomic E-state index is 12.6. The van der Waals surface area contributed by atoms with Gasteiger partial charge in [-0.15, -0.1) is 0 Å². The van der Waals surface area contributed by atoms with Gasteiger partial charge in [-0.1, -0.05) is 24.3 Å². The quantitative estimate of drug-likeness (QED) is 0.427. The van der Waals surface area contributed by atoms with Crippen LogP contribution < -0.4 is 11.1 Å². The van der Waals surface area contributed by atoms with Gasteiger partial charge in [-0.25, -0.2) is 0 Å². The molecule has 2 heterocycles. The summed E-state index contributed by atoms with van der Waals surface area (Å²) in [6.07, 6.45) is 8.23. The third-order valence-corrected chi connectivity index (χ3v) is 5.26. The Kier molecular flexibility index (Phi) is 9.64. The Morgan fingerprint density at radius 1 is 1.06 bits per heavy atom. The molecule has 0 bridgehead atoms. The molecular formula is C27H32N6O. The van der Waals surface area contributed by atoms with Crippen molar-refractivity contribution >= 4 is 17.3 Å². The average molecular weight is 457 g/mol. The first-order valence-corrected chi connectivity index (χ1v) is 11.4. The minimum atomic E-state index is -0.190. The van der Waals surface area contributed by atoms with E-state index >= 15 is 0 Å². The van der Waals surface area contributed by atoms with Gasteiger partial charge < -0.3 is 11.1 Å². The fourth-order valence-electron chi connectivity index (χ4n) is 3.51. The number of aromatic nitrogens is 2. The highest BCUT2D eigenvalue weighted by molar-refractivity contribution is 6.04. The first kappa shape index (κ1) is 25.0. The predicted octanol–water partition coefficient (Wildman–Crippen LogP) is 3.88. The largest absolute Gasteiger partial charge is 0.330 e. The van der Waals surface area contributed by atoms with Crippen LogP contribution in [-0.4, -0.2) is 46.6 Å². The van der Waals surface area contributed by atoms with Gasteiger partial charge in [0.15, 0.2) is 0 Å². The van der Waals surface area contributed by atoms with E-state index in [1.807, 2.05) is 67.6 Å². The highest BCUT2D eigenvalue weighted by atomic mass is 16.1. The summed E-state index contributed by atoms with van der Waals surface area (Å²) >= 11 is 0. The van der Waals surface area contributed by atoms with Crippen molar-refractivity contribution in [3.05, 3.63) is 102 Å². The lowest BCUT2D eigenvalue weighted by atomic mass is 10.1. The third-order valence-electron chi connectivity index (χ3n) is 5.26. The molecule has 0 radical (unpaired) electrons. The van der Waals surface area contributed by atoms with Crippen molar-refractivity contribution in [1.82, 2.24) is 14.9 Å². The summed E-state index contributed by atoms with van der Waals surface area (Å²) in [4.78, 5) is 28.3. The molecule has 0 unspecified atom stereocenters. The normalized spacial score (nSPS) is 11.8. The molecule has 1 aromatic carbocycles. The molecule has 3 aromatic rings. The number of nitrogens with zero attached hydrogens (tertiary/aromatic N) is 4. The highest BCUT2D eigenvalue weighted by Crippen LogP contribution is 2.13. The molecule has 0 aliphatic carbocycles. The highest BCUT2D eigenvalue weighted by Gasteiger charge is 2.12. The van der Waals surface area contributed by atoms with Crippen LogP contribution in [0.1, 0.15) is 34.2 Å². The van der Waals surface area contributed by atoms with E-state index in [1.165, 1.54) is 0 Å². The summed E-state index contributed by atoms with van der Waals surface area (Å²) in [6, 6.07) is 17.3. The number of carbonyl (C=O) groups is 1. The number of carbonyl (C=O) groups excluding carboxylic acids is 1. The van der Waals surface area contributed by atoms with Crippen LogP contribution in [0.2, 0.25) is 0 Å². The van der Waals surface area contributed by atoms with Crippen LogP contribution in [0.25, 0.3) is 0 Å². The number of anilines is 1. The van der Waals surface area contributed by atoms with Crippen molar-refractivity contribution in [3.63, 3.8) is 0 Å². The number of benzene rings is 1. The molecule has 1 amide bonds. The van der Waals surface area contributed by atoms with Crippen LogP contribution in [0.15, 0.2) is 84.1 Å². The Morgan fingerprint density at radius 2 is 1.82 bits per heavy atom. The summed E-state index contributed by atoms with van der Waals surface area (Å²) in [5, 5.41) is 2.92. The molecule has 0 atom stereocenters. The summed E-state index contributed by atoms with van der Waals surface area (Å²) in [5.41, 5.74) is 10.8. The molecule has 34 heavy (non-hydrogen) atoms. The lowest BCUT2D eigenvalue weighted by Gasteiger charge is -2.21. The maximum Gasteiger partial charge on any atom is 0.257 e. The first-order chi connectivity index (χ1) is 16.6. The van der Waals surface area contributed by atoms with Gasteiger partial charge in [-0.05, 0) is 67.9 Å². The summed E-state index contributed by atoms with van der Waals surface area (Å²) < 4.78 is 0. The molecule has 7 heteroatoms. The van der Waals surface area contributed by atoms with Crippen molar-refractivity contribution in [2.24, 2.45) is 10.7 Å². The van der Waals surface area contributed by atoms with Crippen LogP contribution in [0, 0.1) is 0 Å². The number of allylic oxidation sites excluding steroid dienone is 1. The molecule has 0 saturated heterocycles. The van der Waals surface area contributed by atoms with Gasteiger partial charge in [-0.2, -0.15) is 0 Å². The van der Waals surface area contributed by atoms with E-state index in [2.05, 4.69) is 25.2 Å². The zero-order valence-corrected chi connectivity index (χ0v) is 19.8. The number of amides is 1. The van der Waals surface area contributed by atoms with E-state index < -0.39 is 0 Å². The van der Waals surface area contributed by atoms with Crippen LogP contribution >= 0.6 is 0 Å². The van der Waals surface area contributed by atoms with Crippen molar-refractivity contribution in [2.75, 3.05) is 25.5 Å². The molecule has 0 saturated carbocycles. The molecule has 0 fully saturated rings. The molecule has 3 N–H and O–H groups in total. The van der Waals surface area contributed by atoms with E-state index in [9.17, 15) is 4.79 Å². The van der Waals surface area contributed by atoms with Crippen molar-refractivity contribution < 1.29 is 4.79 Å². The molecule has 2 aromatic heterocycles. The monoisotopic (exact) mass is 456 g/mol. The fourth-order valence-corrected chi connectivity index (χ4v) is 3.51. The summed E-state index contributed by atoms with van der Waals surface area (Å²) in [6.45, 7) is 4.53. The number of nitrogens with one attached hydrogen (secondary N) is 1. The Balaban J connectivity index is 1.66. The van der Waals surface area contributed by atoms with Gasteiger partial charge in [0.2, 0.25) is 0 Å². The van der Waals surface area contributed by atoms with Gasteiger partial charge in [0.25, 0.3) is 5.91 Å². The van der Waals surface area contributed by atoms with Gasteiger partial charge in [0, 0.05) is 50.5 Å². The average Bonchev–Trinajstić information content (AvgIpc) is 2.86. The Labute approximate surface area is 201 Å². The molecule has 176 valence electrons. The summed E-state index contributed by atoms with van der Waals surface area (Å²) in [5.74, 6) is -0.190. The van der Waals surface area contributed by atoms with E-state index in [0.29, 0.717) is 31.7 Å². The second-order valence-electron chi connectivity index (χ2n) is 7.91. The molecule has 0 aliphatic heterocycles.